The van der Waals surface area contributed by atoms with Crippen molar-refractivity contribution in [2.24, 2.45) is 0 Å². The van der Waals surface area contributed by atoms with Crippen molar-refractivity contribution in [1.82, 2.24) is 0 Å². The van der Waals surface area contributed by atoms with Crippen molar-refractivity contribution in [2.45, 2.75) is 19.2 Å². The minimum atomic E-state index is -4.46. The van der Waals surface area contributed by atoms with Gasteiger partial charge in [-0.05, 0) is 19.1 Å². The van der Waals surface area contributed by atoms with E-state index in [1.165, 1.54) is 18.2 Å². The maximum absolute atomic E-state index is 12.2. The smallest absolute Gasteiger partial charge is 0.425 e. The van der Waals surface area contributed by atoms with E-state index in [0.29, 0.717) is 0 Å². The number of anilines is 1. The Morgan fingerprint density at radius 2 is 2.06 bits per heavy atom. The third-order valence-electron chi connectivity index (χ3n) is 1.91. The lowest BCUT2D eigenvalue weighted by molar-refractivity contribution is -0.189. The number of nitrogens with two attached hydrogens (primary N) is 1. The highest BCUT2D eigenvalue weighted by Crippen LogP contribution is 2.29. The molecule has 1 aromatic rings. The van der Waals surface area contributed by atoms with E-state index in [4.69, 9.17) is 11.0 Å². The molecule has 1 unspecified atom stereocenters. The molecule has 0 saturated heterocycles. The largest absolute Gasteiger partial charge is 0.479 e. The highest BCUT2D eigenvalue weighted by atomic mass is 19.4. The Labute approximate surface area is 90.2 Å². The van der Waals surface area contributed by atoms with Crippen molar-refractivity contribution < 1.29 is 17.9 Å². The molecule has 0 saturated carbocycles. The lowest BCUT2D eigenvalue weighted by atomic mass is 10.2. The number of alkyl halides is 3. The molecule has 0 aliphatic rings. The standard InChI is InChI=1S/C10H9F3N2O/c1-6(10(11,12)13)16-9-4-7(5-14)2-3-8(9)15/h2-4,6H,15H2,1H3. The zero-order valence-corrected chi connectivity index (χ0v) is 8.38. The maximum Gasteiger partial charge on any atom is 0.425 e. The van der Waals surface area contributed by atoms with Crippen LogP contribution in [0.4, 0.5) is 18.9 Å². The van der Waals surface area contributed by atoms with Crippen LogP contribution in [0.3, 0.4) is 0 Å². The van der Waals surface area contributed by atoms with Gasteiger partial charge in [0.1, 0.15) is 5.75 Å². The molecule has 0 radical (unpaired) electrons. The van der Waals surface area contributed by atoms with E-state index < -0.39 is 12.3 Å². The fourth-order valence-corrected chi connectivity index (χ4v) is 0.963. The average molecular weight is 230 g/mol. The van der Waals surface area contributed by atoms with Crippen molar-refractivity contribution in [3.05, 3.63) is 23.8 Å². The number of halogens is 3. The Balaban J connectivity index is 2.93. The van der Waals surface area contributed by atoms with Crippen molar-refractivity contribution in [3.8, 4) is 11.8 Å². The van der Waals surface area contributed by atoms with Gasteiger partial charge in [-0.15, -0.1) is 0 Å². The van der Waals surface area contributed by atoms with Crippen LogP contribution in [0.25, 0.3) is 0 Å². The summed E-state index contributed by atoms with van der Waals surface area (Å²) in [5.41, 5.74) is 5.69. The van der Waals surface area contributed by atoms with Crippen molar-refractivity contribution >= 4 is 5.69 Å². The highest BCUT2D eigenvalue weighted by molar-refractivity contribution is 5.56. The van der Waals surface area contributed by atoms with Gasteiger partial charge in [0, 0.05) is 6.07 Å². The summed E-state index contributed by atoms with van der Waals surface area (Å²) in [7, 11) is 0. The summed E-state index contributed by atoms with van der Waals surface area (Å²) in [6.45, 7) is 0.873. The minimum Gasteiger partial charge on any atom is -0.479 e. The van der Waals surface area contributed by atoms with Gasteiger partial charge in [-0.25, -0.2) is 0 Å². The van der Waals surface area contributed by atoms with Gasteiger partial charge in [0.15, 0.2) is 6.10 Å². The average Bonchev–Trinajstić information content (AvgIpc) is 2.19. The lowest BCUT2D eigenvalue weighted by Gasteiger charge is -2.18. The van der Waals surface area contributed by atoms with Gasteiger partial charge < -0.3 is 10.5 Å². The van der Waals surface area contributed by atoms with Gasteiger partial charge in [0.2, 0.25) is 0 Å². The first-order valence-corrected chi connectivity index (χ1v) is 4.37. The second kappa shape index (κ2) is 4.31. The van der Waals surface area contributed by atoms with Crippen molar-refractivity contribution in [2.75, 3.05) is 5.73 Å². The second-order valence-corrected chi connectivity index (χ2v) is 3.17. The van der Waals surface area contributed by atoms with Crippen LogP contribution in [0, 0.1) is 11.3 Å². The van der Waals surface area contributed by atoms with Crippen LogP contribution >= 0.6 is 0 Å². The zero-order valence-electron chi connectivity index (χ0n) is 8.38. The van der Waals surface area contributed by atoms with Crippen LogP contribution in [0.15, 0.2) is 18.2 Å². The van der Waals surface area contributed by atoms with Crippen molar-refractivity contribution in [1.29, 1.82) is 5.26 Å². The Morgan fingerprint density at radius 3 is 2.56 bits per heavy atom. The Kier molecular flexibility index (Phi) is 3.28. The molecule has 1 atom stereocenters. The molecule has 16 heavy (non-hydrogen) atoms. The molecule has 0 spiro atoms. The molecule has 0 amide bonds. The van der Waals surface area contributed by atoms with E-state index in [1.54, 1.807) is 6.07 Å². The lowest BCUT2D eigenvalue weighted by Crippen LogP contribution is -2.31. The Morgan fingerprint density at radius 1 is 1.44 bits per heavy atom. The fraction of sp³-hybridized carbons (Fsp3) is 0.300. The van der Waals surface area contributed by atoms with Crippen LogP contribution < -0.4 is 10.5 Å². The molecule has 1 rings (SSSR count). The van der Waals surface area contributed by atoms with Gasteiger partial charge in [-0.3, -0.25) is 0 Å². The molecule has 86 valence electrons. The molecular weight excluding hydrogens is 221 g/mol. The Bertz CT molecular complexity index is 423. The van der Waals surface area contributed by atoms with Gasteiger partial charge in [0.25, 0.3) is 0 Å². The molecule has 0 aliphatic carbocycles. The second-order valence-electron chi connectivity index (χ2n) is 3.17. The number of benzene rings is 1. The predicted molar refractivity (Wildman–Crippen MR) is 51.7 cm³/mol. The molecule has 0 heterocycles. The minimum absolute atomic E-state index is 0.0649. The van der Waals surface area contributed by atoms with Gasteiger partial charge in [0.05, 0.1) is 17.3 Å². The summed E-state index contributed by atoms with van der Waals surface area (Å²) in [5.74, 6) is -0.135. The van der Waals surface area contributed by atoms with Crippen LogP contribution in [-0.4, -0.2) is 12.3 Å². The van der Waals surface area contributed by atoms with E-state index in [2.05, 4.69) is 4.74 Å². The molecule has 1 aromatic carbocycles. The van der Waals surface area contributed by atoms with Crippen LogP contribution in [0.5, 0.6) is 5.75 Å². The number of ether oxygens (including phenoxy) is 1. The molecule has 0 bridgehead atoms. The maximum atomic E-state index is 12.2. The van der Waals surface area contributed by atoms with Crippen LogP contribution in [0.1, 0.15) is 12.5 Å². The SMILES string of the molecule is CC(Oc1cc(C#N)ccc1N)C(F)(F)F. The van der Waals surface area contributed by atoms with E-state index in [-0.39, 0.29) is 17.0 Å². The molecule has 2 N–H and O–H groups in total. The predicted octanol–water partition coefficient (Wildman–Crippen LogP) is 2.47. The third kappa shape index (κ3) is 2.79. The monoisotopic (exact) mass is 230 g/mol. The van der Waals surface area contributed by atoms with E-state index in [9.17, 15) is 13.2 Å². The first-order valence-electron chi connectivity index (χ1n) is 4.37. The van der Waals surface area contributed by atoms with Crippen LogP contribution in [0.2, 0.25) is 0 Å². The number of hydrogen-bond acceptors (Lipinski definition) is 3. The summed E-state index contributed by atoms with van der Waals surface area (Å²) in [4.78, 5) is 0. The molecule has 6 heteroatoms. The summed E-state index contributed by atoms with van der Waals surface area (Å²) in [6, 6.07) is 5.70. The number of nitrogen functional groups attached to an aromatic ring is 1. The first kappa shape index (κ1) is 12.2. The number of hydrogen-bond donors (Lipinski definition) is 1. The molecule has 0 fully saturated rings. The number of rotatable bonds is 2. The summed E-state index contributed by atoms with van der Waals surface area (Å²) in [6.07, 6.45) is -6.43. The fourth-order valence-electron chi connectivity index (χ4n) is 0.963. The molecule has 0 aliphatic heterocycles. The number of nitrogens with zero attached hydrogens (tertiary/aromatic N) is 1. The summed E-state index contributed by atoms with van der Waals surface area (Å²) < 4.78 is 41.3. The third-order valence-corrected chi connectivity index (χ3v) is 1.91. The normalized spacial score (nSPS) is 12.9. The quantitative estimate of drug-likeness (QED) is 0.794. The highest BCUT2D eigenvalue weighted by Gasteiger charge is 2.38. The summed E-state index contributed by atoms with van der Waals surface area (Å²) in [5, 5.41) is 8.58. The van der Waals surface area contributed by atoms with Gasteiger partial charge in [-0.1, -0.05) is 0 Å². The molecule has 0 aromatic heterocycles. The van der Waals surface area contributed by atoms with E-state index >= 15 is 0 Å². The molecular formula is C10H9F3N2O. The topological polar surface area (TPSA) is 59.0 Å². The van der Waals surface area contributed by atoms with Gasteiger partial charge in [-0.2, -0.15) is 18.4 Å². The van der Waals surface area contributed by atoms with Crippen LogP contribution in [-0.2, 0) is 0 Å². The summed E-state index contributed by atoms with van der Waals surface area (Å²) >= 11 is 0. The Hall–Kier alpha value is -1.90. The van der Waals surface area contributed by atoms with E-state index in [1.807, 2.05) is 0 Å². The van der Waals surface area contributed by atoms with Crippen molar-refractivity contribution in [3.63, 3.8) is 0 Å². The first-order chi connectivity index (χ1) is 7.34. The zero-order chi connectivity index (χ0) is 12.3. The van der Waals surface area contributed by atoms with E-state index in [0.717, 1.165) is 6.92 Å². The number of nitriles is 1. The molecule has 3 nitrogen and oxygen atoms in total. The van der Waals surface area contributed by atoms with Gasteiger partial charge >= 0.3 is 6.18 Å².